The predicted octanol–water partition coefficient (Wildman–Crippen LogP) is 3.19. The molecule has 2 aromatic rings. The Bertz CT molecular complexity index is 795. The fourth-order valence-corrected chi connectivity index (χ4v) is 2.44. The van der Waals surface area contributed by atoms with E-state index in [4.69, 9.17) is 0 Å². The van der Waals surface area contributed by atoms with Gasteiger partial charge in [-0.15, -0.1) is 11.8 Å². The van der Waals surface area contributed by atoms with E-state index in [0.29, 0.717) is 0 Å². The van der Waals surface area contributed by atoms with Crippen molar-refractivity contribution in [2.45, 2.75) is 17.4 Å². The van der Waals surface area contributed by atoms with Gasteiger partial charge in [0.15, 0.2) is 11.3 Å². The smallest absolute Gasteiger partial charge is 0.345 e. The van der Waals surface area contributed by atoms with Gasteiger partial charge in [-0.25, -0.2) is 9.50 Å². The summed E-state index contributed by atoms with van der Waals surface area (Å²) >= 11 is 0.832. The van der Waals surface area contributed by atoms with E-state index in [1.807, 2.05) is 0 Å². The molecule has 0 spiro atoms. The minimum atomic E-state index is -5.11. The first-order valence-electron chi connectivity index (χ1n) is 6.21. The van der Waals surface area contributed by atoms with Gasteiger partial charge in [0.1, 0.15) is 16.3 Å². The molecule has 2 heterocycles. The van der Waals surface area contributed by atoms with Crippen LogP contribution in [0.4, 0.5) is 26.3 Å². The number of alkyl halides is 6. The molecule has 2 rings (SSSR count). The molecule has 24 heavy (non-hydrogen) atoms. The molecular weight excluding hydrogens is 362 g/mol. The van der Waals surface area contributed by atoms with Gasteiger partial charge in [0.25, 0.3) is 5.91 Å². The number of amides is 1. The summed E-state index contributed by atoms with van der Waals surface area (Å²) < 4.78 is 78.3. The van der Waals surface area contributed by atoms with Gasteiger partial charge in [-0.1, -0.05) is 0 Å². The van der Waals surface area contributed by atoms with Crippen LogP contribution in [0.2, 0.25) is 0 Å². The lowest BCUT2D eigenvalue weighted by Crippen LogP contribution is -2.23. The van der Waals surface area contributed by atoms with E-state index >= 15 is 0 Å². The molecule has 0 aromatic carbocycles. The molecular formula is C12H10F6N4OS. The Kier molecular flexibility index (Phi) is 4.46. The number of nitrogens with zero attached hydrogens (tertiary/aromatic N) is 4. The second-order valence-corrected chi connectivity index (χ2v) is 5.64. The minimum Gasteiger partial charge on any atom is -0.345 e. The van der Waals surface area contributed by atoms with Crippen molar-refractivity contribution in [3.05, 3.63) is 23.0 Å². The average Bonchev–Trinajstić information content (AvgIpc) is 2.81. The third-order valence-electron chi connectivity index (χ3n) is 2.95. The number of halogens is 6. The van der Waals surface area contributed by atoms with Crippen LogP contribution in [0.3, 0.4) is 0 Å². The third kappa shape index (κ3) is 3.14. The fraction of sp³-hybridized carbons (Fsp3) is 0.417. The summed E-state index contributed by atoms with van der Waals surface area (Å²) in [5.74, 6) is -0.797. The number of carbonyl (C=O) groups excluding carboxylic acids is 1. The van der Waals surface area contributed by atoms with Crippen molar-refractivity contribution in [1.29, 1.82) is 0 Å². The van der Waals surface area contributed by atoms with Crippen LogP contribution < -0.4 is 0 Å². The summed E-state index contributed by atoms with van der Waals surface area (Å²) in [7, 11) is 2.63. The number of hydrogen-bond acceptors (Lipinski definition) is 4. The van der Waals surface area contributed by atoms with Crippen LogP contribution in [0.15, 0.2) is 11.1 Å². The van der Waals surface area contributed by atoms with Crippen LogP contribution in [0, 0.1) is 0 Å². The lowest BCUT2D eigenvalue weighted by Gasteiger charge is -2.13. The number of rotatable bonds is 2. The highest BCUT2D eigenvalue weighted by Crippen LogP contribution is 2.36. The third-order valence-corrected chi connectivity index (χ3v) is 3.62. The summed E-state index contributed by atoms with van der Waals surface area (Å²) in [6.07, 6.45) is -8.78. The summed E-state index contributed by atoms with van der Waals surface area (Å²) in [5.41, 5.74) is -4.61. The molecule has 0 saturated carbocycles. The molecule has 0 fully saturated rings. The van der Waals surface area contributed by atoms with Gasteiger partial charge < -0.3 is 4.90 Å². The normalized spacial score (nSPS) is 12.7. The molecule has 132 valence electrons. The Labute approximate surface area is 135 Å². The molecule has 0 aliphatic rings. The van der Waals surface area contributed by atoms with Crippen LogP contribution in [0.5, 0.6) is 0 Å². The number of hydrogen-bond donors (Lipinski definition) is 0. The maximum absolute atomic E-state index is 13.1. The molecule has 0 aliphatic carbocycles. The topological polar surface area (TPSA) is 50.5 Å². The highest BCUT2D eigenvalue weighted by Gasteiger charge is 2.41. The van der Waals surface area contributed by atoms with Gasteiger partial charge in [0, 0.05) is 14.1 Å². The Morgan fingerprint density at radius 2 is 1.75 bits per heavy atom. The van der Waals surface area contributed by atoms with Crippen molar-refractivity contribution in [3.8, 4) is 0 Å². The van der Waals surface area contributed by atoms with Crippen LogP contribution in [0.1, 0.15) is 21.7 Å². The predicted molar refractivity (Wildman–Crippen MR) is 72.8 cm³/mol. The summed E-state index contributed by atoms with van der Waals surface area (Å²) in [6, 6.07) is -0.131. The average molecular weight is 372 g/mol. The van der Waals surface area contributed by atoms with Crippen LogP contribution in [-0.2, 0) is 12.4 Å². The maximum atomic E-state index is 13.1. The molecule has 2 aromatic heterocycles. The second-order valence-electron chi connectivity index (χ2n) is 4.84. The van der Waals surface area contributed by atoms with Crippen molar-refractivity contribution in [2.75, 3.05) is 20.4 Å². The van der Waals surface area contributed by atoms with E-state index in [1.54, 1.807) is 0 Å². The molecule has 0 aliphatic heterocycles. The summed E-state index contributed by atoms with van der Waals surface area (Å²) in [4.78, 5) is 16.4. The largest absolute Gasteiger partial charge is 0.433 e. The van der Waals surface area contributed by atoms with Crippen molar-refractivity contribution in [3.63, 3.8) is 0 Å². The molecule has 1 amide bonds. The fourth-order valence-electron chi connectivity index (χ4n) is 1.90. The molecule has 0 atom stereocenters. The van der Waals surface area contributed by atoms with E-state index in [1.165, 1.54) is 20.4 Å². The van der Waals surface area contributed by atoms with Gasteiger partial charge in [0.05, 0.1) is 0 Å². The van der Waals surface area contributed by atoms with Gasteiger partial charge >= 0.3 is 12.4 Å². The van der Waals surface area contributed by atoms with Crippen molar-refractivity contribution in [2.24, 2.45) is 0 Å². The highest BCUT2D eigenvalue weighted by molar-refractivity contribution is 7.98. The monoisotopic (exact) mass is 372 g/mol. The number of fused-ring (bicyclic) bond motifs is 1. The van der Waals surface area contributed by atoms with Crippen molar-refractivity contribution >= 4 is 23.3 Å². The van der Waals surface area contributed by atoms with Crippen LogP contribution in [-0.4, -0.2) is 45.8 Å². The van der Waals surface area contributed by atoms with E-state index in [9.17, 15) is 31.1 Å². The zero-order chi connectivity index (χ0) is 18.4. The quantitative estimate of drug-likeness (QED) is 0.600. The van der Waals surface area contributed by atoms with Gasteiger partial charge in [-0.3, -0.25) is 4.79 Å². The molecule has 0 saturated heterocycles. The van der Waals surface area contributed by atoms with Crippen LogP contribution >= 0.6 is 11.8 Å². The Morgan fingerprint density at radius 1 is 1.17 bits per heavy atom. The lowest BCUT2D eigenvalue weighted by atomic mass is 10.2. The Hall–Kier alpha value is -1.98. The SMILES string of the molecule is CSc1nn2c(C(F)(F)F)cc(C(F)(F)F)nc2c1C(=O)N(C)C. The first-order chi connectivity index (χ1) is 10.9. The Morgan fingerprint density at radius 3 is 2.17 bits per heavy atom. The standard InChI is InChI=1S/C12H10F6N4OS/c1-21(2)10(23)7-8-19-5(11(13,14)15)4-6(12(16,17)18)22(8)20-9(7)24-3/h4H,1-3H3. The highest BCUT2D eigenvalue weighted by atomic mass is 32.2. The zero-order valence-corrected chi connectivity index (χ0v) is 13.3. The van der Waals surface area contributed by atoms with E-state index < -0.39 is 40.9 Å². The van der Waals surface area contributed by atoms with Gasteiger partial charge in [-0.05, 0) is 12.3 Å². The Balaban J connectivity index is 2.96. The number of aromatic nitrogens is 3. The first-order valence-corrected chi connectivity index (χ1v) is 7.44. The maximum Gasteiger partial charge on any atom is 0.433 e. The lowest BCUT2D eigenvalue weighted by molar-refractivity contribution is -0.148. The van der Waals surface area contributed by atoms with Crippen LogP contribution in [0.25, 0.3) is 5.65 Å². The minimum absolute atomic E-state index is 0.131. The van der Waals surface area contributed by atoms with E-state index in [2.05, 4.69) is 10.1 Å². The number of thioether (sulfide) groups is 1. The van der Waals surface area contributed by atoms with Crippen molar-refractivity contribution in [1.82, 2.24) is 19.5 Å². The molecule has 0 radical (unpaired) electrons. The first kappa shape index (κ1) is 18.4. The summed E-state index contributed by atoms with van der Waals surface area (Å²) in [5, 5.41) is 3.46. The number of carbonyl (C=O) groups is 1. The van der Waals surface area contributed by atoms with Gasteiger partial charge in [-0.2, -0.15) is 31.4 Å². The van der Waals surface area contributed by atoms with Crippen molar-refractivity contribution < 1.29 is 31.1 Å². The second kappa shape index (κ2) is 5.83. The summed E-state index contributed by atoms with van der Waals surface area (Å²) in [6.45, 7) is 0. The van der Waals surface area contributed by atoms with Gasteiger partial charge in [0.2, 0.25) is 0 Å². The molecule has 0 unspecified atom stereocenters. The zero-order valence-electron chi connectivity index (χ0n) is 12.5. The molecule has 0 bridgehead atoms. The van der Waals surface area contributed by atoms with E-state index in [-0.39, 0.29) is 15.6 Å². The molecule has 12 heteroatoms. The molecule has 5 nitrogen and oxygen atoms in total. The molecule has 0 N–H and O–H groups in total. The van der Waals surface area contributed by atoms with E-state index in [0.717, 1.165) is 16.7 Å².